The molecule has 0 fully saturated rings. The number of pyridine rings is 2. The van der Waals surface area contributed by atoms with E-state index in [1.54, 1.807) is 24.4 Å². The summed E-state index contributed by atoms with van der Waals surface area (Å²) in [5.74, 6) is 0.378. The van der Waals surface area contributed by atoms with E-state index < -0.39 is 6.43 Å². The van der Waals surface area contributed by atoms with E-state index in [0.717, 1.165) is 0 Å². The third-order valence-electron chi connectivity index (χ3n) is 3.66. The Balaban J connectivity index is 2.28. The first kappa shape index (κ1) is 17.5. The molecule has 132 valence electrons. The van der Waals surface area contributed by atoms with Gasteiger partial charge in [0, 0.05) is 12.2 Å². The lowest BCUT2D eigenvalue weighted by Gasteiger charge is -2.11. The van der Waals surface area contributed by atoms with Crippen molar-refractivity contribution < 1.29 is 13.5 Å². The summed E-state index contributed by atoms with van der Waals surface area (Å²) in [5, 5.41) is 4.32. The van der Waals surface area contributed by atoms with Crippen LogP contribution in [0.3, 0.4) is 0 Å². The summed E-state index contributed by atoms with van der Waals surface area (Å²) in [6.45, 7) is 5.96. The topological polar surface area (TPSA) is 52.8 Å². The molecule has 3 aromatic rings. The Labute approximate surface area is 148 Å². The minimum absolute atomic E-state index is 0.0949. The van der Waals surface area contributed by atoms with Crippen LogP contribution in [0.5, 0.6) is 5.88 Å². The van der Waals surface area contributed by atoms with Crippen molar-refractivity contribution in [3.63, 3.8) is 0 Å². The number of ether oxygens (including phenoxy) is 1. The first-order valence-electron chi connectivity index (χ1n) is 7.89. The first-order valence-corrected chi connectivity index (χ1v) is 8.26. The second kappa shape index (κ2) is 6.92. The number of halogens is 3. The zero-order valence-corrected chi connectivity index (χ0v) is 14.8. The second-order valence-electron chi connectivity index (χ2n) is 5.70. The van der Waals surface area contributed by atoms with Crippen molar-refractivity contribution in [1.82, 2.24) is 19.7 Å². The molecule has 0 aliphatic heterocycles. The Bertz CT molecular complexity index is 911. The number of hydrogen-bond acceptors (Lipinski definition) is 4. The van der Waals surface area contributed by atoms with E-state index in [0.29, 0.717) is 34.3 Å². The van der Waals surface area contributed by atoms with Gasteiger partial charge in [-0.25, -0.2) is 18.7 Å². The quantitative estimate of drug-likeness (QED) is 0.633. The van der Waals surface area contributed by atoms with E-state index in [4.69, 9.17) is 16.3 Å². The monoisotopic (exact) mass is 366 g/mol. The van der Waals surface area contributed by atoms with Crippen molar-refractivity contribution in [2.24, 2.45) is 0 Å². The van der Waals surface area contributed by atoms with E-state index in [2.05, 4.69) is 15.1 Å². The Morgan fingerprint density at radius 3 is 2.72 bits per heavy atom. The van der Waals surface area contributed by atoms with Gasteiger partial charge in [-0.1, -0.05) is 11.6 Å². The molecule has 0 aromatic carbocycles. The number of fused-ring (bicyclic) bond motifs is 1. The molecular weight excluding hydrogens is 350 g/mol. The SMILES string of the molecule is CCOc1ncccc1-c1cc(Cl)c2c(n1)c(C(F)F)nn2C(C)C. The highest BCUT2D eigenvalue weighted by Gasteiger charge is 2.24. The fraction of sp³-hybridized carbons (Fsp3) is 0.353. The van der Waals surface area contributed by atoms with Gasteiger partial charge in [0.2, 0.25) is 5.88 Å². The lowest BCUT2D eigenvalue weighted by Crippen LogP contribution is -2.03. The van der Waals surface area contributed by atoms with Gasteiger partial charge in [-0.2, -0.15) is 5.10 Å². The molecule has 5 nitrogen and oxygen atoms in total. The lowest BCUT2D eigenvalue weighted by molar-refractivity contribution is 0.146. The summed E-state index contributed by atoms with van der Waals surface area (Å²) in [4.78, 5) is 8.58. The molecule has 0 spiro atoms. The fourth-order valence-corrected chi connectivity index (χ4v) is 2.89. The van der Waals surface area contributed by atoms with Crippen molar-refractivity contribution in [2.45, 2.75) is 33.2 Å². The molecule has 0 aliphatic rings. The van der Waals surface area contributed by atoms with Gasteiger partial charge in [-0.05, 0) is 39.0 Å². The molecular formula is C17H17ClF2N4O. The molecule has 0 saturated heterocycles. The second-order valence-corrected chi connectivity index (χ2v) is 6.11. The zero-order chi connectivity index (χ0) is 18.1. The Hall–Kier alpha value is -2.28. The van der Waals surface area contributed by atoms with Crippen molar-refractivity contribution >= 4 is 22.6 Å². The van der Waals surface area contributed by atoms with E-state index in [9.17, 15) is 8.78 Å². The summed E-state index contributed by atoms with van der Waals surface area (Å²) in [7, 11) is 0. The van der Waals surface area contributed by atoms with Crippen LogP contribution in [0.15, 0.2) is 24.4 Å². The maximum atomic E-state index is 13.4. The maximum Gasteiger partial charge on any atom is 0.284 e. The summed E-state index contributed by atoms with van der Waals surface area (Å²) >= 11 is 6.40. The Morgan fingerprint density at radius 2 is 2.08 bits per heavy atom. The van der Waals surface area contributed by atoms with Gasteiger partial charge in [-0.15, -0.1) is 0 Å². The lowest BCUT2D eigenvalue weighted by atomic mass is 10.1. The van der Waals surface area contributed by atoms with Crippen LogP contribution >= 0.6 is 11.6 Å². The highest BCUT2D eigenvalue weighted by Crippen LogP contribution is 2.36. The van der Waals surface area contributed by atoms with E-state index in [-0.39, 0.29) is 17.3 Å². The van der Waals surface area contributed by atoms with Gasteiger partial charge < -0.3 is 4.74 Å². The molecule has 3 rings (SSSR count). The highest BCUT2D eigenvalue weighted by atomic mass is 35.5. The number of rotatable bonds is 5. The van der Waals surface area contributed by atoms with Crippen LogP contribution in [-0.2, 0) is 0 Å². The molecule has 0 aliphatic carbocycles. The van der Waals surface area contributed by atoms with Gasteiger partial charge in [0.25, 0.3) is 6.43 Å². The molecule has 3 aromatic heterocycles. The highest BCUT2D eigenvalue weighted by molar-refractivity contribution is 6.35. The molecule has 0 radical (unpaired) electrons. The third kappa shape index (κ3) is 3.16. The van der Waals surface area contributed by atoms with Gasteiger partial charge in [0.15, 0.2) is 5.69 Å². The molecule has 0 N–H and O–H groups in total. The zero-order valence-electron chi connectivity index (χ0n) is 14.0. The summed E-state index contributed by atoms with van der Waals surface area (Å²) in [6, 6.07) is 4.98. The normalized spacial score (nSPS) is 11.7. The van der Waals surface area contributed by atoms with Crippen LogP contribution in [0.4, 0.5) is 8.78 Å². The largest absolute Gasteiger partial charge is 0.477 e. The molecule has 25 heavy (non-hydrogen) atoms. The molecule has 0 saturated carbocycles. The van der Waals surface area contributed by atoms with Crippen LogP contribution < -0.4 is 4.74 Å². The number of nitrogens with zero attached hydrogens (tertiary/aromatic N) is 4. The van der Waals surface area contributed by atoms with Gasteiger partial charge in [0.05, 0.1) is 22.9 Å². The van der Waals surface area contributed by atoms with Gasteiger partial charge in [-0.3, -0.25) is 4.68 Å². The van der Waals surface area contributed by atoms with E-state index in [1.165, 1.54) is 4.68 Å². The number of alkyl halides is 2. The molecule has 0 bridgehead atoms. The summed E-state index contributed by atoms with van der Waals surface area (Å²) < 4.78 is 33.9. The smallest absolute Gasteiger partial charge is 0.284 e. The Morgan fingerprint density at radius 1 is 1.32 bits per heavy atom. The van der Waals surface area contributed by atoms with Crippen LogP contribution in [0.25, 0.3) is 22.3 Å². The van der Waals surface area contributed by atoms with Crippen LogP contribution in [0.1, 0.15) is 38.9 Å². The minimum atomic E-state index is -2.75. The van der Waals surface area contributed by atoms with Crippen molar-refractivity contribution in [1.29, 1.82) is 0 Å². The fourth-order valence-electron chi connectivity index (χ4n) is 2.61. The van der Waals surface area contributed by atoms with Crippen molar-refractivity contribution in [3.8, 4) is 17.1 Å². The molecule has 0 atom stereocenters. The summed E-state index contributed by atoms with van der Waals surface area (Å²) in [6.07, 6.45) is -1.16. The van der Waals surface area contributed by atoms with Crippen LogP contribution in [0.2, 0.25) is 5.02 Å². The number of hydrogen-bond donors (Lipinski definition) is 0. The van der Waals surface area contributed by atoms with Crippen molar-refractivity contribution in [2.75, 3.05) is 6.61 Å². The molecule has 3 heterocycles. The first-order chi connectivity index (χ1) is 11.9. The molecule has 0 amide bonds. The van der Waals surface area contributed by atoms with Crippen LogP contribution in [-0.4, -0.2) is 26.4 Å². The standard InChI is InChI=1S/C17H17ClF2N4O/c1-4-25-17-10(6-5-7-21-17)12-8-11(18)15-13(22-12)14(16(19)20)23-24(15)9(2)3/h5-9,16H,4H2,1-3H3. The third-order valence-corrected chi connectivity index (χ3v) is 3.95. The van der Waals surface area contributed by atoms with Gasteiger partial charge in [0.1, 0.15) is 11.0 Å². The van der Waals surface area contributed by atoms with E-state index >= 15 is 0 Å². The molecule has 0 unspecified atom stereocenters. The summed E-state index contributed by atoms with van der Waals surface area (Å²) in [5.41, 5.74) is 1.12. The van der Waals surface area contributed by atoms with E-state index in [1.807, 2.05) is 20.8 Å². The minimum Gasteiger partial charge on any atom is -0.477 e. The van der Waals surface area contributed by atoms with Crippen molar-refractivity contribution in [3.05, 3.63) is 35.1 Å². The average Bonchev–Trinajstić information content (AvgIpc) is 2.96. The maximum absolute atomic E-state index is 13.4. The number of aromatic nitrogens is 4. The Kier molecular flexibility index (Phi) is 4.85. The van der Waals surface area contributed by atoms with Crippen LogP contribution in [0, 0.1) is 0 Å². The van der Waals surface area contributed by atoms with Gasteiger partial charge >= 0.3 is 0 Å². The predicted molar refractivity (Wildman–Crippen MR) is 92.3 cm³/mol. The average molecular weight is 367 g/mol. The predicted octanol–water partition coefficient (Wildman–Crippen LogP) is 5.06. The molecule has 8 heteroatoms.